The molecule has 0 unspecified atom stereocenters. The van der Waals surface area contributed by atoms with Gasteiger partial charge in [0.1, 0.15) is 12.1 Å². The summed E-state index contributed by atoms with van der Waals surface area (Å²) in [6, 6.07) is 5.85. The lowest BCUT2D eigenvalue weighted by molar-refractivity contribution is -0.136. The van der Waals surface area contributed by atoms with Gasteiger partial charge in [-0.15, -0.1) is 0 Å². The van der Waals surface area contributed by atoms with Crippen LogP contribution >= 0.6 is 11.8 Å². The fourth-order valence-corrected chi connectivity index (χ4v) is 3.32. The molecule has 0 bridgehead atoms. The van der Waals surface area contributed by atoms with E-state index in [1.54, 1.807) is 11.8 Å². The predicted molar refractivity (Wildman–Crippen MR) is 94.2 cm³/mol. The number of thioether (sulfide) groups is 1. The summed E-state index contributed by atoms with van der Waals surface area (Å²) >= 11 is 1.77. The van der Waals surface area contributed by atoms with Gasteiger partial charge in [0.2, 0.25) is 5.91 Å². The number of piperazine rings is 1. The van der Waals surface area contributed by atoms with E-state index in [1.807, 2.05) is 23.1 Å². The minimum atomic E-state index is -0.0605. The van der Waals surface area contributed by atoms with Crippen LogP contribution in [-0.4, -0.2) is 51.9 Å². The van der Waals surface area contributed by atoms with E-state index < -0.39 is 0 Å². The lowest BCUT2D eigenvalue weighted by Crippen LogP contribution is -2.54. The SMILES string of the molecule is CSCC[C@@H]1NCCN(Cc2ccc3c(N)ncnc3c2)C1=O. The Morgan fingerprint density at radius 3 is 3.13 bits per heavy atom. The highest BCUT2D eigenvalue weighted by Crippen LogP contribution is 2.19. The van der Waals surface area contributed by atoms with Crippen molar-refractivity contribution in [3.63, 3.8) is 0 Å². The molecule has 1 aromatic heterocycles. The van der Waals surface area contributed by atoms with Gasteiger partial charge >= 0.3 is 0 Å². The van der Waals surface area contributed by atoms with Crippen LogP contribution in [0.15, 0.2) is 24.5 Å². The second kappa shape index (κ2) is 7.14. The summed E-state index contributed by atoms with van der Waals surface area (Å²) < 4.78 is 0. The van der Waals surface area contributed by atoms with E-state index in [1.165, 1.54) is 6.33 Å². The number of nitrogens with zero attached hydrogens (tertiary/aromatic N) is 3. The third-order valence-corrected chi connectivity index (χ3v) is 4.74. The van der Waals surface area contributed by atoms with Crippen molar-refractivity contribution in [3.05, 3.63) is 30.1 Å². The Hall–Kier alpha value is -1.86. The first kappa shape index (κ1) is 16.0. The number of hydrogen-bond acceptors (Lipinski definition) is 6. The highest BCUT2D eigenvalue weighted by molar-refractivity contribution is 7.98. The first-order valence-corrected chi connectivity index (χ1v) is 9.08. The molecule has 122 valence electrons. The number of nitrogen functional groups attached to an aromatic ring is 1. The van der Waals surface area contributed by atoms with Crippen molar-refractivity contribution in [2.24, 2.45) is 0 Å². The average molecular weight is 331 g/mol. The third-order valence-electron chi connectivity index (χ3n) is 4.10. The summed E-state index contributed by atoms with van der Waals surface area (Å²) in [5.74, 6) is 1.66. The van der Waals surface area contributed by atoms with Gasteiger partial charge in [-0.1, -0.05) is 6.07 Å². The van der Waals surface area contributed by atoms with Gasteiger partial charge in [0.25, 0.3) is 0 Å². The molecular formula is C16H21N5OS. The quantitative estimate of drug-likeness (QED) is 0.858. The third kappa shape index (κ3) is 3.56. The predicted octanol–water partition coefficient (Wildman–Crippen LogP) is 1.27. The molecule has 0 saturated carbocycles. The van der Waals surface area contributed by atoms with E-state index in [0.717, 1.165) is 41.7 Å². The lowest BCUT2D eigenvalue weighted by atomic mass is 10.1. The molecule has 3 N–H and O–H groups in total. The fraction of sp³-hybridized carbons (Fsp3) is 0.438. The summed E-state index contributed by atoms with van der Waals surface area (Å²) in [6.45, 7) is 2.18. The van der Waals surface area contributed by atoms with E-state index in [4.69, 9.17) is 5.73 Å². The number of nitrogens with two attached hydrogens (primary N) is 1. The van der Waals surface area contributed by atoms with Crippen LogP contribution in [0.2, 0.25) is 0 Å². The molecule has 1 saturated heterocycles. The van der Waals surface area contributed by atoms with Crippen LogP contribution in [0.4, 0.5) is 5.82 Å². The zero-order chi connectivity index (χ0) is 16.2. The first-order chi connectivity index (χ1) is 11.2. The normalized spacial score (nSPS) is 18.6. The Balaban J connectivity index is 1.74. The van der Waals surface area contributed by atoms with Crippen molar-refractivity contribution in [2.45, 2.75) is 19.0 Å². The van der Waals surface area contributed by atoms with Gasteiger partial charge < -0.3 is 16.0 Å². The molecule has 1 amide bonds. The van der Waals surface area contributed by atoms with Crippen molar-refractivity contribution in [1.29, 1.82) is 0 Å². The summed E-state index contributed by atoms with van der Waals surface area (Å²) in [4.78, 5) is 22.7. The molecule has 7 heteroatoms. The smallest absolute Gasteiger partial charge is 0.240 e. The van der Waals surface area contributed by atoms with Gasteiger partial charge in [-0.3, -0.25) is 4.79 Å². The fourth-order valence-electron chi connectivity index (χ4n) is 2.85. The van der Waals surface area contributed by atoms with Gasteiger partial charge in [0.15, 0.2) is 0 Å². The maximum atomic E-state index is 12.6. The minimum absolute atomic E-state index is 0.0605. The molecule has 0 aliphatic carbocycles. The molecule has 0 radical (unpaired) electrons. The van der Waals surface area contributed by atoms with Gasteiger partial charge in [0, 0.05) is 25.0 Å². The highest BCUT2D eigenvalue weighted by Gasteiger charge is 2.27. The molecule has 1 fully saturated rings. The van der Waals surface area contributed by atoms with Crippen LogP contribution < -0.4 is 11.1 Å². The first-order valence-electron chi connectivity index (χ1n) is 7.69. The van der Waals surface area contributed by atoms with Crippen molar-refractivity contribution >= 4 is 34.4 Å². The molecular weight excluding hydrogens is 310 g/mol. The standard InChI is InChI=1S/C16H21N5OS/c1-23-7-4-13-16(22)21(6-5-18-13)9-11-2-3-12-14(8-11)19-10-20-15(12)17/h2-3,8,10,13,18H,4-7,9H2,1H3,(H2,17,19,20)/t13-/m0/s1. The number of amides is 1. The molecule has 1 aliphatic heterocycles. The van der Waals surface area contributed by atoms with Gasteiger partial charge in [0.05, 0.1) is 11.6 Å². The molecule has 3 rings (SSSR count). The number of hydrogen-bond donors (Lipinski definition) is 2. The van der Waals surface area contributed by atoms with E-state index in [0.29, 0.717) is 12.4 Å². The summed E-state index contributed by atoms with van der Waals surface area (Å²) in [5.41, 5.74) is 7.73. The maximum Gasteiger partial charge on any atom is 0.240 e. The number of rotatable bonds is 5. The lowest BCUT2D eigenvalue weighted by Gasteiger charge is -2.33. The minimum Gasteiger partial charge on any atom is -0.383 e. The highest BCUT2D eigenvalue weighted by atomic mass is 32.2. The van der Waals surface area contributed by atoms with Crippen molar-refractivity contribution in [3.8, 4) is 0 Å². The van der Waals surface area contributed by atoms with Crippen LogP contribution in [0.25, 0.3) is 10.9 Å². The molecule has 1 atom stereocenters. The van der Waals surface area contributed by atoms with E-state index >= 15 is 0 Å². The van der Waals surface area contributed by atoms with Crippen molar-refractivity contribution in [1.82, 2.24) is 20.2 Å². The van der Waals surface area contributed by atoms with Crippen LogP contribution in [-0.2, 0) is 11.3 Å². The summed E-state index contributed by atoms with van der Waals surface area (Å²) in [5, 5.41) is 4.16. The number of fused-ring (bicyclic) bond motifs is 1. The molecule has 2 heterocycles. The molecule has 1 aromatic carbocycles. The second-order valence-corrected chi connectivity index (χ2v) is 6.64. The van der Waals surface area contributed by atoms with Crippen molar-refractivity contribution in [2.75, 3.05) is 30.8 Å². The van der Waals surface area contributed by atoms with Crippen LogP contribution in [0.1, 0.15) is 12.0 Å². The number of carbonyl (C=O) groups is 1. The molecule has 2 aromatic rings. The number of anilines is 1. The topological polar surface area (TPSA) is 84.1 Å². The monoisotopic (exact) mass is 331 g/mol. The number of benzene rings is 1. The van der Waals surface area contributed by atoms with Crippen LogP contribution in [0, 0.1) is 0 Å². The molecule has 23 heavy (non-hydrogen) atoms. The molecule has 6 nitrogen and oxygen atoms in total. The van der Waals surface area contributed by atoms with E-state index in [2.05, 4.69) is 21.5 Å². The van der Waals surface area contributed by atoms with E-state index in [-0.39, 0.29) is 11.9 Å². The Labute approximate surface area is 139 Å². The zero-order valence-electron chi connectivity index (χ0n) is 13.2. The number of carbonyl (C=O) groups excluding carboxylic acids is 1. The van der Waals surface area contributed by atoms with Crippen LogP contribution in [0.5, 0.6) is 0 Å². The second-order valence-electron chi connectivity index (χ2n) is 5.66. The van der Waals surface area contributed by atoms with E-state index in [9.17, 15) is 4.79 Å². The average Bonchev–Trinajstić information content (AvgIpc) is 2.56. The van der Waals surface area contributed by atoms with Crippen LogP contribution in [0.3, 0.4) is 0 Å². The van der Waals surface area contributed by atoms with Gasteiger partial charge in [-0.05, 0) is 36.1 Å². The Kier molecular flexibility index (Phi) is 4.97. The molecule has 0 spiro atoms. The Bertz CT molecular complexity index is 708. The molecule has 1 aliphatic rings. The van der Waals surface area contributed by atoms with Crippen molar-refractivity contribution < 1.29 is 4.79 Å². The number of nitrogens with one attached hydrogen (secondary N) is 1. The number of aromatic nitrogens is 2. The van der Waals surface area contributed by atoms with Gasteiger partial charge in [-0.2, -0.15) is 11.8 Å². The largest absolute Gasteiger partial charge is 0.383 e. The summed E-state index contributed by atoms with van der Waals surface area (Å²) in [6.07, 6.45) is 4.40. The van der Waals surface area contributed by atoms with Gasteiger partial charge in [-0.25, -0.2) is 9.97 Å². The maximum absolute atomic E-state index is 12.6. The summed E-state index contributed by atoms with van der Waals surface area (Å²) in [7, 11) is 0. The Morgan fingerprint density at radius 2 is 2.30 bits per heavy atom. The Morgan fingerprint density at radius 1 is 1.43 bits per heavy atom. The zero-order valence-corrected chi connectivity index (χ0v) is 14.0.